The van der Waals surface area contributed by atoms with Crippen LogP contribution in [-0.2, 0) is 0 Å². The number of benzene rings is 2. The van der Waals surface area contributed by atoms with Gasteiger partial charge >= 0.3 is 0 Å². The van der Waals surface area contributed by atoms with Crippen molar-refractivity contribution in [3.05, 3.63) is 71.3 Å². The summed E-state index contributed by atoms with van der Waals surface area (Å²) in [5.74, 6) is 0. The number of hydrogen-bond acceptors (Lipinski definition) is 1. The Morgan fingerprint density at radius 2 is 1.95 bits per heavy atom. The van der Waals surface area contributed by atoms with Crippen LogP contribution in [0.15, 0.2) is 55.1 Å². The lowest BCUT2D eigenvalue weighted by atomic mass is 9.91. The summed E-state index contributed by atoms with van der Waals surface area (Å²) in [6.07, 6.45) is 2.61. The third-order valence-corrected chi connectivity index (χ3v) is 3.51. The zero-order valence-corrected chi connectivity index (χ0v) is 11.8. The second-order valence-electron chi connectivity index (χ2n) is 4.68. The topological polar surface area (TPSA) is 26.0 Å². The van der Waals surface area contributed by atoms with E-state index in [1.807, 2.05) is 36.4 Å². The molecule has 98 valence electrons. The summed E-state index contributed by atoms with van der Waals surface area (Å²) < 4.78 is 0. The van der Waals surface area contributed by atoms with E-state index < -0.39 is 0 Å². The molecule has 2 rings (SSSR count). The molecule has 0 fully saturated rings. The van der Waals surface area contributed by atoms with Gasteiger partial charge in [0, 0.05) is 11.1 Å². The van der Waals surface area contributed by atoms with E-state index in [1.54, 1.807) is 0 Å². The Bertz CT molecular complexity index is 590. The van der Waals surface area contributed by atoms with Crippen molar-refractivity contribution < 1.29 is 0 Å². The summed E-state index contributed by atoms with van der Waals surface area (Å²) in [4.78, 5) is 0. The van der Waals surface area contributed by atoms with E-state index in [9.17, 15) is 0 Å². The van der Waals surface area contributed by atoms with Crippen LogP contribution in [0.4, 0.5) is 0 Å². The van der Waals surface area contributed by atoms with Gasteiger partial charge in [-0.05, 0) is 47.7 Å². The molecule has 0 bridgehead atoms. The molecule has 19 heavy (non-hydrogen) atoms. The standard InChI is InChI=1S/C17H18ClN/c1-3-6-17(19)15-8-5-4-7-14(15)16-11-13(18)10-9-12(16)2/h3-5,7-11,17H,1,6,19H2,2H3. The van der Waals surface area contributed by atoms with Crippen LogP contribution in [0.3, 0.4) is 0 Å². The van der Waals surface area contributed by atoms with Gasteiger partial charge in [-0.1, -0.05) is 48.0 Å². The second kappa shape index (κ2) is 6.05. The largest absolute Gasteiger partial charge is 0.324 e. The molecule has 0 amide bonds. The van der Waals surface area contributed by atoms with E-state index in [-0.39, 0.29) is 6.04 Å². The van der Waals surface area contributed by atoms with E-state index in [1.165, 1.54) is 5.56 Å². The molecule has 0 aliphatic heterocycles. The van der Waals surface area contributed by atoms with Crippen molar-refractivity contribution in [3.63, 3.8) is 0 Å². The minimum atomic E-state index is -0.0351. The fraction of sp³-hybridized carbons (Fsp3) is 0.176. The molecule has 0 heterocycles. The van der Waals surface area contributed by atoms with E-state index in [0.29, 0.717) is 0 Å². The van der Waals surface area contributed by atoms with Crippen LogP contribution in [0, 0.1) is 6.92 Å². The average Bonchev–Trinajstić information content (AvgIpc) is 2.42. The van der Waals surface area contributed by atoms with Crippen molar-refractivity contribution in [2.24, 2.45) is 5.73 Å². The van der Waals surface area contributed by atoms with Crippen LogP contribution in [0.2, 0.25) is 5.02 Å². The van der Waals surface area contributed by atoms with Crippen LogP contribution in [0.25, 0.3) is 11.1 Å². The van der Waals surface area contributed by atoms with Crippen LogP contribution < -0.4 is 5.73 Å². The minimum Gasteiger partial charge on any atom is -0.324 e. The highest BCUT2D eigenvalue weighted by molar-refractivity contribution is 6.30. The first kappa shape index (κ1) is 13.9. The Morgan fingerprint density at radius 3 is 2.68 bits per heavy atom. The molecule has 0 radical (unpaired) electrons. The molecule has 0 saturated heterocycles. The maximum atomic E-state index is 6.23. The lowest BCUT2D eigenvalue weighted by molar-refractivity contribution is 0.743. The van der Waals surface area contributed by atoms with Gasteiger partial charge < -0.3 is 5.73 Å². The highest BCUT2D eigenvalue weighted by Crippen LogP contribution is 2.32. The van der Waals surface area contributed by atoms with Gasteiger partial charge in [-0.25, -0.2) is 0 Å². The molecule has 2 aromatic carbocycles. The van der Waals surface area contributed by atoms with E-state index in [2.05, 4.69) is 25.6 Å². The SMILES string of the molecule is C=CCC(N)c1ccccc1-c1cc(Cl)ccc1C. The maximum Gasteiger partial charge on any atom is 0.0412 e. The number of aryl methyl sites for hydroxylation is 1. The lowest BCUT2D eigenvalue weighted by Gasteiger charge is -2.17. The number of rotatable bonds is 4. The molecule has 2 N–H and O–H groups in total. The van der Waals surface area contributed by atoms with Gasteiger partial charge in [0.25, 0.3) is 0 Å². The molecular weight excluding hydrogens is 254 g/mol. The molecule has 1 unspecified atom stereocenters. The molecule has 1 atom stereocenters. The third kappa shape index (κ3) is 3.06. The Hall–Kier alpha value is -1.57. The highest BCUT2D eigenvalue weighted by atomic mass is 35.5. The summed E-state index contributed by atoms with van der Waals surface area (Å²) >= 11 is 6.11. The summed E-state index contributed by atoms with van der Waals surface area (Å²) in [6.45, 7) is 5.84. The number of hydrogen-bond donors (Lipinski definition) is 1. The van der Waals surface area contributed by atoms with Gasteiger partial charge in [0.05, 0.1) is 0 Å². The molecule has 0 aliphatic carbocycles. The van der Waals surface area contributed by atoms with Gasteiger partial charge in [-0.15, -0.1) is 6.58 Å². The van der Waals surface area contributed by atoms with Crippen LogP contribution >= 0.6 is 11.6 Å². The molecule has 1 nitrogen and oxygen atoms in total. The van der Waals surface area contributed by atoms with E-state index >= 15 is 0 Å². The first-order valence-corrected chi connectivity index (χ1v) is 6.73. The van der Waals surface area contributed by atoms with Crippen molar-refractivity contribution in [1.82, 2.24) is 0 Å². The van der Waals surface area contributed by atoms with Gasteiger partial charge in [0.2, 0.25) is 0 Å². The summed E-state index contributed by atoms with van der Waals surface area (Å²) in [5, 5.41) is 0.743. The Balaban J connectivity index is 2.55. The Morgan fingerprint density at radius 1 is 1.21 bits per heavy atom. The van der Waals surface area contributed by atoms with Crippen molar-refractivity contribution >= 4 is 11.6 Å². The lowest BCUT2D eigenvalue weighted by Crippen LogP contribution is -2.10. The van der Waals surface area contributed by atoms with Crippen molar-refractivity contribution in [3.8, 4) is 11.1 Å². The average molecular weight is 272 g/mol. The quantitative estimate of drug-likeness (QED) is 0.787. The van der Waals surface area contributed by atoms with Crippen molar-refractivity contribution in [2.45, 2.75) is 19.4 Å². The minimum absolute atomic E-state index is 0.0351. The van der Waals surface area contributed by atoms with Crippen LogP contribution in [0.5, 0.6) is 0 Å². The predicted molar refractivity (Wildman–Crippen MR) is 83.4 cm³/mol. The van der Waals surface area contributed by atoms with Crippen LogP contribution in [-0.4, -0.2) is 0 Å². The fourth-order valence-electron chi connectivity index (χ4n) is 2.26. The predicted octanol–water partition coefficient (Wildman–Crippen LogP) is 4.89. The first-order valence-electron chi connectivity index (χ1n) is 6.35. The summed E-state index contributed by atoms with van der Waals surface area (Å²) in [6, 6.07) is 14.1. The maximum absolute atomic E-state index is 6.23. The Kier molecular flexibility index (Phi) is 4.41. The molecular formula is C17H18ClN. The highest BCUT2D eigenvalue weighted by Gasteiger charge is 2.12. The Labute approximate surface area is 119 Å². The molecule has 0 aromatic heterocycles. The zero-order valence-electron chi connectivity index (χ0n) is 11.1. The number of nitrogens with two attached hydrogens (primary N) is 1. The normalized spacial score (nSPS) is 12.2. The first-order chi connectivity index (χ1) is 9.13. The van der Waals surface area contributed by atoms with E-state index in [0.717, 1.165) is 28.1 Å². The van der Waals surface area contributed by atoms with E-state index in [4.69, 9.17) is 17.3 Å². The zero-order chi connectivity index (χ0) is 13.8. The molecule has 0 spiro atoms. The van der Waals surface area contributed by atoms with Gasteiger partial charge in [0.1, 0.15) is 0 Å². The van der Waals surface area contributed by atoms with Gasteiger partial charge in [-0.2, -0.15) is 0 Å². The fourth-order valence-corrected chi connectivity index (χ4v) is 2.43. The number of halogens is 1. The smallest absolute Gasteiger partial charge is 0.0412 e. The molecule has 0 saturated carbocycles. The van der Waals surface area contributed by atoms with Gasteiger partial charge in [-0.3, -0.25) is 0 Å². The second-order valence-corrected chi connectivity index (χ2v) is 5.11. The van der Waals surface area contributed by atoms with Crippen molar-refractivity contribution in [1.29, 1.82) is 0 Å². The van der Waals surface area contributed by atoms with Gasteiger partial charge in [0.15, 0.2) is 0 Å². The summed E-state index contributed by atoms with van der Waals surface area (Å²) in [7, 11) is 0. The summed E-state index contributed by atoms with van der Waals surface area (Å²) in [5.41, 5.74) is 10.8. The molecule has 2 heteroatoms. The molecule has 0 aliphatic rings. The van der Waals surface area contributed by atoms with Crippen LogP contribution in [0.1, 0.15) is 23.6 Å². The third-order valence-electron chi connectivity index (χ3n) is 3.27. The van der Waals surface area contributed by atoms with Crippen molar-refractivity contribution in [2.75, 3.05) is 0 Å². The molecule has 2 aromatic rings. The monoisotopic (exact) mass is 271 g/mol.